The first kappa shape index (κ1) is 17.2. The van der Waals surface area contributed by atoms with E-state index in [0.717, 1.165) is 24.2 Å². The van der Waals surface area contributed by atoms with Crippen molar-refractivity contribution < 1.29 is 0 Å². The Bertz CT molecular complexity index is 1050. The molecule has 0 aliphatic rings. The number of hydrogen-bond acceptors (Lipinski definition) is 4. The first-order valence-corrected chi connectivity index (χ1v) is 8.76. The number of imidazole rings is 1. The molecule has 3 rings (SSSR count). The zero-order valence-electron chi connectivity index (χ0n) is 15.4. The quantitative estimate of drug-likeness (QED) is 0.698. The van der Waals surface area contributed by atoms with Gasteiger partial charge >= 0.3 is 5.69 Å². The first-order chi connectivity index (χ1) is 12.0. The standard InChI is InChI=1S/C17H24N6O2/c1-6-11-10-12(7-2)23(19-11)16-18-14-13(21(16)8-3)15(24)22(9-4)17(25)20(14)5/h10H,6-9H2,1-5H3. The second kappa shape index (κ2) is 6.34. The van der Waals surface area contributed by atoms with Crippen LogP contribution in [0.1, 0.15) is 39.1 Å². The molecule has 0 amide bonds. The maximum absolute atomic E-state index is 12.8. The van der Waals surface area contributed by atoms with E-state index in [1.165, 1.54) is 9.13 Å². The number of nitrogens with zero attached hydrogens (tertiary/aromatic N) is 6. The fourth-order valence-electron chi connectivity index (χ4n) is 3.17. The van der Waals surface area contributed by atoms with Gasteiger partial charge in [-0.1, -0.05) is 13.8 Å². The van der Waals surface area contributed by atoms with Crippen LogP contribution in [-0.2, 0) is 33.0 Å². The molecule has 0 aromatic carbocycles. The molecule has 0 saturated heterocycles. The molecule has 25 heavy (non-hydrogen) atoms. The number of fused-ring (bicyclic) bond motifs is 1. The van der Waals surface area contributed by atoms with Crippen molar-refractivity contribution in [2.24, 2.45) is 7.05 Å². The molecule has 0 aliphatic carbocycles. The molecule has 8 heteroatoms. The minimum atomic E-state index is -0.349. The van der Waals surface area contributed by atoms with Crippen LogP contribution < -0.4 is 11.2 Å². The van der Waals surface area contributed by atoms with Crippen LogP contribution in [0.2, 0.25) is 0 Å². The molecule has 3 aromatic rings. The first-order valence-electron chi connectivity index (χ1n) is 8.76. The Hall–Kier alpha value is -2.64. The van der Waals surface area contributed by atoms with Crippen LogP contribution >= 0.6 is 0 Å². The number of rotatable bonds is 5. The predicted octanol–water partition coefficient (Wildman–Crippen LogP) is 1.25. The summed E-state index contributed by atoms with van der Waals surface area (Å²) in [6.45, 7) is 8.76. The van der Waals surface area contributed by atoms with Gasteiger partial charge in [-0.2, -0.15) is 10.1 Å². The van der Waals surface area contributed by atoms with Crippen molar-refractivity contribution >= 4 is 11.2 Å². The van der Waals surface area contributed by atoms with Crippen molar-refractivity contribution in [1.29, 1.82) is 0 Å². The molecule has 3 heterocycles. The Morgan fingerprint density at radius 1 is 1.00 bits per heavy atom. The highest BCUT2D eigenvalue weighted by atomic mass is 16.2. The molecule has 0 saturated carbocycles. The third-order valence-corrected chi connectivity index (χ3v) is 4.59. The summed E-state index contributed by atoms with van der Waals surface area (Å²) in [6.07, 6.45) is 1.63. The lowest BCUT2D eigenvalue weighted by Gasteiger charge is -2.09. The molecule has 134 valence electrons. The number of aromatic nitrogens is 6. The molecule has 0 unspecified atom stereocenters. The van der Waals surface area contributed by atoms with E-state index >= 15 is 0 Å². The third kappa shape index (κ3) is 2.43. The number of hydrogen-bond donors (Lipinski definition) is 0. The Morgan fingerprint density at radius 2 is 1.68 bits per heavy atom. The Balaban J connectivity index is 2.44. The summed E-state index contributed by atoms with van der Waals surface area (Å²) in [4.78, 5) is 29.9. The van der Waals surface area contributed by atoms with Gasteiger partial charge in [-0.3, -0.25) is 13.9 Å². The van der Waals surface area contributed by atoms with Gasteiger partial charge in [0.25, 0.3) is 5.56 Å². The van der Waals surface area contributed by atoms with Crippen LogP contribution in [0.4, 0.5) is 0 Å². The molecule has 0 atom stereocenters. The molecular weight excluding hydrogens is 320 g/mol. The van der Waals surface area contributed by atoms with Crippen molar-refractivity contribution in [3.63, 3.8) is 0 Å². The van der Waals surface area contributed by atoms with E-state index in [1.807, 2.05) is 11.5 Å². The molecule has 3 aromatic heterocycles. The second-order valence-electron chi connectivity index (χ2n) is 5.97. The van der Waals surface area contributed by atoms with Gasteiger partial charge in [0.05, 0.1) is 5.69 Å². The topological polar surface area (TPSA) is 79.6 Å². The third-order valence-electron chi connectivity index (χ3n) is 4.59. The normalized spacial score (nSPS) is 11.6. The minimum Gasteiger partial charge on any atom is -0.303 e. The van der Waals surface area contributed by atoms with Gasteiger partial charge in [0.1, 0.15) is 0 Å². The molecule has 0 N–H and O–H groups in total. The van der Waals surface area contributed by atoms with E-state index in [2.05, 4.69) is 30.0 Å². The molecular formula is C17H24N6O2. The summed E-state index contributed by atoms with van der Waals surface area (Å²) in [7, 11) is 1.65. The monoisotopic (exact) mass is 344 g/mol. The maximum Gasteiger partial charge on any atom is 0.332 e. The predicted molar refractivity (Wildman–Crippen MR) is 96.5 cm³/mol. The van der Waals surface area contributed by atoms with Gasteiger partial charge in [0, 0.05) is 25.8 Å². The van der Waals surface area contributed by atoms with E-state index in [9.17, 15) is 9.59 Å². The maximum atomic E-state index is 12.8. The lowest BCUT2D eigenvalue weighted by Crippen LogP contribution is -2.39. The van der Waals surface area contributed by atoms with E-state index in [4.69, 9.17) is 0 Å². The van der Waals surface area contributed by atoms with Gasteiger partial charge in [-0.05, 0) is 32.8 Å². The summed E-state index contributed by atoms with van der Waals surface area (Å²) in [6, 6.07) is 2.06. The second-order valence-corrected chi connectivity index (χ2v) is 5.97. The lowest BCUT2D eigenvalue weighted by atomic mass is 10.3. The van der Waals surface area contributed by atoms with Gasteiger partial charge < -0.3 is 4.57 Å². The van der Waals surface area contributed by atoms with Gasteiger partial charge in [-0.25, -0.2) is 9.48 Å². The van der Waals surface area contributed by atoms with Crippen molar-refractivity contribution in [1.82, 2.24) is 28.5 Å². The van der Waals surface area contributed by atoms with Crippen LogP contribution in [0.15, 0.2) is 15.7 Å². The summed E-state index contributed by atoms with van der Waals surface area (Å²) in [5, 5.41) is 4.64. The van der Waals surface area contributed by atoms with Crippen molar-refractivity contribution in [3.8, 4) is 5.95 Å². The zero-order valence-corrected chi connectivity index (χ0v) is 15.4. The van der Waals surface area contributed by atoms with Crippen molar-refractivity contribution in [3.05, 3.63) is 38.3 Å². The van der Waals surface area contributed by atoms with Crippen LogP contribution in [0.5, 0.6) is 0 Å². The molecule has 0 spiro atoms. The highest BCUT2D eigenvalue weighted by Crippen LogP contribution is 2.18. The Labute approximate surface area is 145 Å². The minimum absolute atomic E-state index is 0.304. The molecule has 0 fully saturated rings. The van der Waals surface area contributed by atoms with Crippen LogP contribution in [0.25, 0.3) is 17.1 Å². The molecule has 0 radical (unpaired) electrons. The molecule has 0 aliphatic heterocycles. The van der Waals surface area contributed by atoms with Crippen LogP contribution in [-0.4, -0.2) is 28.5 Å². The fourth-order valence-corrected chi connectivity index (χ4v) is 3.17. The average molecular weight is 344 g/mol. The van der Waals surface area contributed by atoms with Crippen LogP contribution in [0, 0.1) is 0 Å². The highest BCUT2D eigenvalue weighted by molar-refractivity contribution is 5.72. The van der Waals surface area contributed by atoms with Gasteiger partial charge in [0.15, 0.2) is 11.2 Å². The average Bonchev–Trinajstić information content (AvgIpc) is 3.20. The van der Waals surface area contributed by atoms with Crippen molar-refractivity contribution in [2.75, 3.05) is 0 Å². The van der Waals surface area contributed by atoms with Gasteiger partial charge in [-0.15, -0.1) is 0 Å². The van der Waals surface area contributed by atoms with Gasteiger partial charge in [0.2, 0.25) is 5.95 Å². The highest BCUT2D eigenvalue weighted by Gasteiger charge is 2.21. The summed E-state index contributed by atoms with van der Waals surface area (Å²) >= 11 is 0. The molecule has 0 bridgehead atoms. The fraction of sp³-hybridized carbons (Fsp3) is 0.529. The smallest absolute Gasteiger partial charge is 0.303 e. The number of aryl methyl sites for hydroxylation is 4. The summed E-state index contributed by atoms with van der Waals surface area (Å²) in [5.74, 6) is 0.579. The zero-order chi connectivity index (χ0) is 18.3. The Morgan fingerprint density at radius 3 is 2.24 bits per heavy atom. The van der Waals surface area contributed by atoms with Crippen LogP contribution in [0.3, 0.4) is 0 Å². The Kier molecular flexibility index (Phi) is 4.36. The molecule has 8 nitrogen and oxygen atoms in total. The van der Waals surface area contributed by atoms with E-state index in [0.29, 0.717) is 30.2 Å². The van der Waals surface area contributed by atoms with Crippen molar-refractivity contribution in [2.45, 2.75) is 53.6 Å². The summed E-state index contributed by atoms with van der Waals surface area (Å²) < 4.78 is 6.31. The van der Waals surface area contributed by atoms with E-state index in [-0.39, 0.29) is 11.2 Å². The summed E-state index contributed by atoms with van der Waals surface area (Å²) in [5.41, 5.74) is 2.19. The van der Waals surface area contributed by atoms with E-state index in [1.54, 1.807) is 18.7 Å². The van der Waals surface area contributed by atoms with E-state index < -0.39 is 0 Å². The lowest BCUT2D eigenvalue weighted by molar-refractivity contribution is 0.631. The largest absolute Gasteiger partial charge is 0.332 e. The SMILES string of the molecule is CCc1cc(CC)n(-c2nc3c(c(=O)n(CC)c(=O)n3C)n2CC)n1.